The SMILES string of the molecule is CC(C)(N)C(=O)N[C@H](COCc1ccccc1)c1nnc2cccc(CO)n12. The molecule has 2 heterocycles. The third-order valence-electron chi connectivity index (χ3n) is 4.29. The average Bonchev–Trinajstić information content (AvgIpc) is 3.11. The Bertz CT molecular complexity index is 934. The summed E-state index contributed by atoms with van der Waals surface area (Å²) in [6.45, 7) is 3.65. The average molecular weight is 383 g/mol. The summed E-state index contributed by atoms with van der Waals surface area (Å²) in [7, 11) is 0. The van der Waals surface area contributed by atoms with Crippen LogP contribution in [0.1, 0.15) is 37.0 Å². The fourth-order valence-corrected chi connectivity index (χ4v) is 2.77. The molecule has 8 nitrogen and oxygen atoms in total. The number of hydrogen-bond acceptors (Lipinski definition) is 6. The molecular weight excluding hydrogens is 358 g/mol. The zero-order valence-corrected chi connectivity index (χ0v) is 16.0. The number of aromatic nitrogens is 3. The lowest BCUT2D eigenvalue weighted by Crippen LogP contribution is -2.51. The van der Waals surface area contributed by atoms with Crippen LogP contribution in [0.2, 0.25) is 0 Å². The van der Waals surface area contributed by atoms with Gasteiger partial charge < -0.3 is 20.9 Å². The lowest BCUT2D eigenvalue weighted by atomic mass is 10.1. The first-order valence-corrected chi connectivity index (χ1v) is 9.05. The van der Waals surface area contributed by atoms with Gasteiger partial charge in [0.15, 0.2) is 11.5 Å². The summed E-state index contributed by atoms with van der Waals surface area (Å²) in [6, 6.07) is 14.5. The lowest BCUT2D eigenvalue weighted by Gasteiger charge is -2.24. The fourth-order valence-electron chi connectivity index (χ4n) is 2.77. The van der Waals surface area contributed by atoms with Gasteiger partial charge in [0.25, 0.3) is 0 Å². The molecule has 1 amide bonds. The first-order valence-electron chi connectivity index (χ1n) is 9.05. The van der Waals surface area contributed by atoms with Crippen molar-refractivity contribution >= 4 is 11.6 Å². The number of carbonyl (C=O) groups is 1. The Balaban J connectivity index is 1.86. The standard InChI is InChI=1S/C20H25N5O3/c1-20(2,21)19(27)22-16(13-28-12-14-7-4-3-5-8-14)18-24-23-17-10-6-9-15(11-26)25(17)18/h3-10,16,26H,11-13,21H2,1-2H3,(H,22,27)/t16-/m1/s1. The van der Waals surface area contributed by atoms with Crippen molar-refractivity contribution < 1.29 is 14.6 Å². The zero-order valence-electron chi connectivity index (χ0n) is 16.0. The van der Waals surface area contributed by atoms with E-state index in [1.807, 2.05) is 30.3 Å². The van der Waals surface area contributed by atoms with Gasteiger partial charge in [-0.3, -0.25) is 9.20 Å². The van der Waals surface area contributed by atoms with E-state index in [1.54, 1.807) is 36.4 Å². The maximum atomic E-state index is 12.5. The first kappa shape index (κ1) is 19.9. The second kappa shape index (κ2) is 8.47. The third-order valence-corrected chi connectivity index (χ3v) is 4.29. The summed E-state index contributed by atoms with van der Waals surface area (Å²) >= 11 is 0. The maximum absolute atomic E-state index is 12.5. The van der Waals surface area contributed by atoms with Crippen LogP contribution in [0.25, 0.3) is 5.65 Å². The van der Waals surface area contributed by atoms with Gasteiger partial charge in [0.05, 0.1) is 31.1 Å². The number of nitrogens with one attached hydrogen (secondary N) is 1. The van der Waals surface area contributed by atoms with Crippen molar-refractivity contribution in [2.24, 2.45) is 5.73 Å². The number of nitrogens with zero attached hydrogens (tertiary/aromatic N) is 3. The molecule has 0 fully saturated rings. The molecule has 148 valence electrons. The quantitative estimate of drug-likeness (QED) is 0.541. The molecular formula is C20H25N5O3. The highest BCUT2D eigenvalue weighted by Crippen LogP contribution is 2.18. The molecule has 4 N–H and O–H groups in total. The fraction of sp³-hybridized carbons (Fsp3) is 0.350. The Morgan fingerprint density at radius 3 is 2.64 bits per heavy atom. The van der Waals surface area contributed by atoms with Crippen molar-refractivity contribution in [2.45, 2.75) is 38.6 Å². The van der Waals surface area contributed by atoms with Gasteiger partial charge in [-0.25, -0.2) is 0 Å². The molecule has 0 saturated heterocycles. The van der Waals surface area contributed by atoms with Crippen molar-refractivity contribution in [2.75, 3.05) is 6.61 Å². The van der Waals surface area contributed by atoms with Crippen LogP contribution >= 0.6 is 0 Å². The molecule has 0 saturated carbocycles. The topological polar surface area (TPSA) is 115 Å². The van der Waals surface area contributed by atoms with Crippen molar-refractivity contribution in [3.8, 4) is 0 Å². The number of aliphatic hydroxyl groups is 1. The van der Waals surface area contributed by atoms with E-state index in [4.69, 9.17) is 10.5 Å². The van der Waals surface area contributed by atoms with E-state index >= 15 is 0 Å². The van der Waals surface area contributed by atoms with Gasteiger partial charge >= 0.3 is 0 Å². The van der Waals surface area contributed by atoms with E-state index < -0.39 is 11.6 Å². The van der Waals surface area contributed by atoms with Crippen LogP contribution in [0.15, 0.2) is 48.5 Å². The lowest BCUT2D eigenvalue weighted by molar-refractivity contribution is -0.126. The molecule has 0 radical (unpaired) electrons. The highest BCUT2D eigenvalue weighted by Gasteiger charge is 2.28. The Morgan fingerprint density at radius 2 is 1.96 bits per heavy atom. The minimum Gasteiger partial charge on any atom is -0.390 e. The van der Waals surface area contributed by atoms with Crippen LogP contribution in [0.3, 0.4) is 0 Å². The summed E-state index contributed by atoms with van der Waals surface area (Å²) in [5.41, 5.74) is 7.09. The number of ether oxygens (including phenoxy) is 1. The first-order chi connectivity index (χ1) is 13.4. The number of carbonyl (C=O) groups excluding carboxylic acids is 1. The monoisotopic (exact) mass is 383 g/mol. The smallest absolute Gasteiger partial charge is 0.240 e. The van der Waals surface area contributed by atoms with Crippen LogP contribution in [0.4, 0.5) is 0 Å². The Morgan fingerprint density at radius 1 is 1.21 bits per heavy atom. The second-order valence-corrected chi connectivity index (χ2v) is 7.18. The predicted octanol–water partition coefficient (Wildman–Crippen LogP) is 1.33. The Labute approximate surface area is 163 Å². The predicted molar refractivity (Wildman–Crippen MR) is 104 cm³/mol. The minimum atomic E-state index is -1.06. The largest absolute Gasteiger partial charge is 0.390 e. The molecule has 0 aliphatic rings. The van der Waals surface area contributed by atoms with Crippen molar-refractivity contribution in [3.05, 3.63) is 65.6 Å². The number of nitrogens with two attached hydrogens (primary N) is 1. The van der Waals surface area contributed by atoms with Gasteiger partial charge in [0.1, 0.15) is 6.04 Å². The van der Waals surface area contributed by atoms with Crippen molar-refractivity contribution in [3.63, 3.8) is 0 Å². The molecule has 2 aromatic heterocycles. The number of fused-ring (bicyclic) bond motifs is 1. The number of amides is 1. The molecule has 3 aromatic rings. The van der Waals surface area contributed by atoms with Crippen LogP contribution < -0.4 is 11.1 Å². The van der Waals surface area contributed by atoms with E-state index in [0.717, 1.165) is 5.56 Å². The number of pyridine rings is 1. The van der Waals surface area contributed by atoms with E-state index in [-0.39, 0.29) is 19.1 Å². The molecule has 1 atom stereocenters. The number of rotatable bonds is 8. The van der Waals surface area contributed by atoms with Crippen LogP contribution in [-0.2, 0) is 22.7 Å². The van der Waals surface area contributed by atoms with E-state index in [1.165, 1.54) is 0 Å². The molecule has 1 aromatic carbocycles. The van der Waals surface area contributed by atoms with Gasteiger partial charge in [0.2, 0.25) is 5.91 Å². The number of hydrogen-bond donors (Lipinski definition) is 3. The molecule has 0 aliphatic carbocycles. The molecule has 0 aliphatic heterocycles. The normalized spacial score (nSPS) is 12.9. The van der Waals surface area contributed by atoms with Crippen LogP contribution in [-0.4, -0.2) is 37.8 Å². The van der Waals surface area contributed by atoms with E-state index in [9.17, 15) is 9.90 Å². The van der Waals surface area contributed by atoms with Crippen LogP contribution in [0, 0.1) is 0 Å². The Hall–Kier alpha value is -2.81. The molecule has 0 unspecified atom stereocenters. The van der Waals surface area contributed by atoms with Gasteiger partial charge in [0, 0.05) is 0 Å². The van der Waals surface area contributed by atoms with Gasteiger partial charge in [-0.2, -0.15) is 0 Å². The second-order valence-electron chi connectivity index (χ2n) is 7.18. The van der Waals surface area contributed by atoms with E-state index in [2.05, 4.69) is 15.5 Å². The molecule has 28 heavy (non-hydrogen) atoms. The van der Waals surface area contributed by atoms with Crippen LogP contribution in [0.5, 0.6) is 0 Å². The summed E-state index contributed by atoms with van der Waals surface area (Å²) in [5.74, 6) is 0.143. The van der Waals surface area contributed by atoms with E-state index in [0.29, 0.717) is 23.8 Å². The Kier molecular flexibility index (Phi) is 6.03. The highest BCUT2D eigenvalue weighted by atomic mass is 16.5. The summed E-state index contributed by atoms with van der Waals surface area (Å²) in [5, 5.41) is 21.0. The summed E-state index contributed by atoms with van der Waals surface area (Å²) in [4.78, 5) is 12.5. The number of aliphatic hydroxyl groups excluding tert-OH is 1. The number of benzene rings is 1. The molecule has 8 heteroatoms. The van der Waals surface area contributed by atoms with Gasteiger partial charge in [-0.15, -0.1) is 10.2 Å². The van der Waals surface area contributed by atoms with Crippen molar-refractivity contribution in [1.29, 1.82) is 0 Å². The molecule has 0 spiro atoms. The van der Waals surface area contributed by atoms with Gasteiger partial charge in [-0.1, -0.05) is 36.4 Å². The van der Waals surface area contributed by atoms with Gasteiger partial charge in [-0.05, 0) is 31.5 Å². The minimum absolute atomic E-state index is 0.178. The zero-order chi connectivity index (χ0) is 20.1. The summed E-state index contributed by atoms with van der Waals surface area (Å²) in [6.07, 6.45) is 0. The summed E-state index contributed by atoms with van der Waals surface area (Å²) < 4.78 is 7.57. The van der Waals surface area contributed by atoms with Crippen molar-refractivity contribution in [1.82, 2.24) is 19.9 Å². The molecule has 0 bridgehead atoms. The molecule has 3 rings (SSSR count). The maximum Gasteiger partial charge on any atom is 0.240 e. The third kappa shape index (κ3) is 4.53. The highest BCUT2D eigenvalue weighted by molar-refractivity contribution is 5.85.